The van der Waals surface area contributed by atoms with Gasteiger partial charge >= 0.3 is 0 Å². The number of hydrogen-bond donors (Lipinski definition) is 1. The number of hydrogen-bond acceptors (Lipinski definition) is 7. The van der Waals surface area contributed by atoms with Gasteiger partial charge in [0, 0.05) is 42.3 Å². The number of thiazole rings is 1. The van der Waals surface area contributed by atoms with Crippen molar-refractivity contribution in [3.05, 3.63) is 92.2 Å². The molecule has 1 fully saturated rings. The minimum Gasteiger partial charge on any atom is -0.494 e. The Kier molecular flexibility index (Phi) is 7.21. The maximum Gasteiger partial charge on any atom is 0.290 e. The van der Waals surface area contributed by atoms with E-state index in [0.717, 1.165) is 18.2 Å². The molecule has 1 amide bonds. The van der Waals surface area contributed by atoms with Crippen LogP contribution in [0.4, 0.5) is 13.2 Å². The van der Waals surface area contributed by atoms with E-state index in [4.69, 9.17) is 0 Å². The van der Waals surface area contributed by atoms with Crippen LogP contribution < -0.4 is 5.56 Å². The first-order valence-corrected chi connectivity index (χ1v) is 13.2. The van der Waals surface area contributed by atoms with Crippen LogP contribution in [0.25, 0.3) is 10.8 Å². The van der Waals surface area contributed by atoms with Gasteiger partial charge in [0.25, 0.3) is 11.5 Å². The van der Waals surface area contributed by atoms with Crippen molar-refractivity contribution < 1.29 is 23.1 Å². The Balaban J connectivity index is 1.61. The molecule has 2 atom stereocenters. The summed E-state index contributed by atoms with van der Waals surface area (Å²) in [6.45, 7) is 3.77. The lowest BCUT2D eigenvalue weighted by Gasteiger charge is -2.25. The topological polar surface area (TPSA) is 101 Å². The fourth-order valence-corrected chi connectivity index (χ4v) is 5.75. The summed E-state index contributed by atoms with van der Waals surface area (Å²) in [6, 6.07) is 4.86. The number of aryl methyl sites for hydroxylation is 1. The van der Waals surface area contributed by atoms with Crippen molar-refractivity contribution in [2.24, 2.45) is 0 Å². The zero-order valence-electron chi connectivity index (χ0n) is 21.1. The summed E-state index contributed by atoms with van der Waals surface area (Å²) in [5.41, 5.74) is -0.504. The minimum atomic E-state index is -0.968. The minimum absolute atomic E-state index is 0.0291. The van der Waals surface area contributed by atoms with Crippen molar-refractivity contribution in [3.8, 4) is 16.7 Å². The van der Waals surface area contributed by atoms with Gasteiger partial charge in [0.15, 0.2) is 16.4 Å². The van der Waals surface area contributed by atoms with E-state index in [9.17, 15) is 27.9 Å². The summed E-state index contributed by atoms with van der Waals surface area (Å²) in [5.74, 6) is -4.00. The molecule has 0 spiro atoms. The number of amides is 1. The molecule has 5 rings (SSSR count). The van der Waals surface area contributed by atoms with Crippen molar-refractivity contribution in [1.82, 2.24) is 24.4 Å². The van der Waals surface area contributed by atoms with Gasteiger partial charge < -0.3 is 10.0 Å². The van der Waals surface area contributed by atoms with Crippen LogP contribution in [0.15, 0.2) is 46.7 Å². The second kappa shape index (κ2) is 10.6. The van der Waals surface area contributed by atoms with Crippen molar-refractivity contribution in [2.45, 2.75) is 38.6 Å². The van der Waals surface area contributed by atoms with Gasteiger partial charge in [-0.25, -0.2) is 18.2 Å². The number of aromatic hydroxyl groups is 1. The maximum atomic E-state index is 14.3. The van der Waals surface area contributed by atoms with Crippen LogP contribution in [-0.2, 0) is 0 Å². The second-order valence-corrected chi connectivity index (χ2v) is 10.2. The van der Waals surface area contributed by atoms with Gasteiger partial charge in [0.2, 0.25) is 5.88 Å². The molecule has 4 heterocycles. The van der Waals surface area contributed by atoms with Crippen molar-refractivity contribution in [1.29, 1.82) is 0 Å². The molecule has 1 aliphatic rings. The zero-order chi connectivity index (χ0) is 27.8. The molecule has 0 bridgehead atoms. The molecular weight excluding hydrogens is 531 g/mol. The standard InChI is InChI=1S/C27H24F3N5O3S/c1-3-20(16-9-17(28)11-18(29)10-16)35-23(25-32-14(2)13-39-25)33-24(36)21(27(35)38)26(37)34-8-6-15(12-34)22-19(30)5-4-7-31-22/h4-5,7,9-11,13,15,20,38H,3,6,8,12H2,1-2H3/t15?,20-/m0/s1. The number of aromatic nitrogens is 4. The van der Waals surface area contributed by atoms with Crippen LogP contribution in [0.3, 0.4) is 0 Å². The molecule has 0 aliphatic carbocycles. The molecule has 12 heteroatoms. The van der Waals surface area contributed by atoms with Crippen molar-refractivity contribution in [3.63, 3.8) is 0 Å². The van der Waals surface area contributed by atoms with E-state index in [1.165, 1.54) is 39.1 Å². The van der Waals surface area contributed by atoms with E-state index >= 15 is 0 Å². The summed E-state index contributed by atoms with van der Waals surface area (Å²) < 4.78 is 43.9. The molecule has 39 heavy (non-hydrogen) atoms. The van der Waals surface area contributed by atoms with Crippen LogP contribution in [0.2, 0.25) is 0 Å². The Morgan fingerprint density at radius 1 is 1.21 bits per heavy atom. The van der Waals surface area contributed by atoms with Gasteiger partial charge in [0.1, 0.15) is 17.5 Å². The van der Waals surface area contributed by atoms with Crippen molar-refractivity contribution >= 4 is 17.2 Å². The summed E-state index contributed by atoms with van der Waals surface area (Å²) in [6.07, 6.45) is 2.12. The first-order chi connectivity index (χ1) is 18.7. The third-order valence-electron chi connectivity index (χ3n) is 6.74. The van der Waals surface area contributed by atoms with Gasteiger partial charge in [-0.05, 0) is 49.6 Å². The molecule has 8 nitrogen and oxygen atoms in total. The zero-order valence-corrected chi connectivity index (χ0v) is 21.9. The number of carbonyl (C=O) groups excluding carboxylic acids is 1. The third-order valence-corrected chi connectivity index (χ3v) is 7.70. The van der Waals surface area contributed by atoms with Gasteiger partial charge in [0.05, 0.1) is 11.7 Å². The van der Waals surface area contributed by atoms with Gasteiger partial charge in [-0.3, -0.25) is 19.1 Å². The third kappa shape index (κ3) is 5.03. The highest BCUT2D eigenvalue weighted by Crippen LogP contribution is 2.36. The van der Waals surface area contributed by atoms with Gasteiger partial charge in [-0.2, -0.15) is 4.98 Å². The Morgan fingerprint density at radius 2 is 1.95 bits per heavy atom. The lowest BCUT2D eigenvalue weighted by Crippen LogP contribution is -2.35. The van der Waals surface area contributed by atoms with E-state index in [1.807, 2.05) is 0 Å². The number of benzene rings is 1. The van der Waals surface area contributed by atoms with Crippen LogP contribution >= 0.6 is 11.3 Å². The molecular formula is C27H24F3N5O3S. The number of nitrogens with zero attached hydrogens (tertiary/aromatic N) is 5. The molecule has 4 aromatic rings. The average molecular weight is 556 g/mol. The number of pyridine rings is 1. The second-order valence-electron chi connectivity index (χ2n) is 9.34. The van der Waals surface area contributed by atoms with E-state index in [2.05, 4.69) is 15.0 Å². The molecule has 1 saturated heterocycles. The summed E-state index contributed by atoms with van der Waals surface area (Å²) in [7, 11) is 0. The Hall–Kier alpha value is -4.06. The fourth-order valence-electron chi connectivity index (χ4n) is 4.97. The SMILES string of the molecule is CC[C@@H](c1cc(F)cc(F)c1)n1c(-c2nc(C)cs2)nc(=O)c(C(=O)N2CCC(c3ncccc3F)C2)c1O. The molecule has 0 radical (unpaired) electrons. The predicted octanol–water partition coefficient (Wildman–Crippen LogP) is 4.82. The first-order valence-electron chi connectivity index (χ1n) is 12.3. The molecule has 1 aromatic carbocycles. The lowest BCUT2D eigenvalue weighted by molar-refractivity contribution is 0.0783. The molecule has 1 unspecified atom stereocenters. The van der Waals surface area contributed by atoms with Gasteiger partial charge in [-0.15, -0.1) is 11.3 Å². The molecule has 3 aromatic heterocycles. The van der Waals surface area contributed by atoms with Gasteiger partial charge in [-0.1, -0.05) is 6.92 Å². The van der Waals surface area contributed by atoms with Crippen molar-refractivity contribution in [2.75, 3.05) is 13.1 Å². The number of likely N-dealkylation sites (tertiary alicyclic amines) is 1. The van der Waals surface area contributed by atoms with Crippen LogP contribution in [0.5, 0.6) is 5.88 Å². The Labute approximate surface area is 225 Å². The molecule has 202 valence electrons. The first kappa shape index (κ1) is 26.5. The number of carbonyl (C=O) groups is 1. The van der Waals surface area contributed by atoms with Crippen LogP contribution in [0, 0.1) is 24.4 Å². The predicted molar refractivity (Wildman–Crippen MR) is 138 cm³/mol. The highest BCUT2D eigenvalue weighted by Gasteiger charge is 2.35. The normalized spacial score (nSPS) is 16.0. The largest absolute Gasteiger partial charge is 0.494 e. The summed E-state index contributed by atoms with van der Waals surface area (Å²) >= 11 is 1.17. The molecule has 1 aliphatic heterocycles. The summed E-state index contributed by atoms with van der Waals surface area (Å²) in [4.78, 5) is 40.7. The van der Waals surface area contributed by atoms with E-state index in [0.29, 0.717) is 17.1 Å². The maximum absolute atomic E-state index is 14.3. The highest BCUT2D eigenvalue weighted by molar-refractivity contribution is 7.13. The lowest BCUT2D eigenvalue weighted by atomic mass is 10.0. The average Bonchev–Trinajstić information content (AvgIpc) is 3.55. The van der Waals surface area contributed by atoms with E-state index in [1.54, 1.807) is 19.2 Å². The summed E-state index contributed by atoms with van der Waals surface area (Å²) in [5, 5.41) is 13.5. The monoisotopic (exact) mass is 555 g/mol. The fraction of sp³-hybridized carbons (Fsp3) is 0.296. The quantitative estimate of drug-likeness (QED) is 0.366. The van der Waals surface area contributed by atoms with E-state index < -0.39 is 46.4 Å². The Morgan fingerprint density at radius 3 is 2.59 bits per heavy atom. The smallest absolute Gasteiger partial charge is 0.290 e. The number of halogens is 3. The molecule has 1 N–H and O–H groups in total. The molecule has 0 saturated carbocycles. The highest BCUT2D eigenvalue weighted by atomic mass is 32.1. The van der Waals surface area contributed by atoms with Crippen LogP contribution in [0.1, 0.15) is 59.0 Å². The van der Waals surface area contributed by atoms with E-state index in [-0.39, 0.29) is 42.5 Å². The van der Waals surface area contributed by atoms with Crippen LogP contribution in [-0.4, -0.2) is 48.5 Å². The number of rotatable bonds is 6. The Bertz CT molecular complexity index is 1600.